The summed E-state index contributed by atoms with van der Waals surface area (Å²) >= 11 is 0. The molecule has 0 spiro atoms. The normalized spacial score (nSPS) is 20.9. The van der Waals surface area contributed by atoms with Crippen LogP contribution < -0.4 is 10.6 Å². The number of aliphatic hydroxyl groups is 1. The van der Waals surface area contributed by atoms with Gasteiger partial charge in [0.15, 0.2) is 5.03 Å². The van der Waals surface area contributed by atoms with Crippen LogP contribution in [0.1, 0.15) is 59.6 Å². The average molecular weight is 499 g/mol. The molecule has 0 radical (unpaired) electrons. The van der Waals surface area contributed by atoms with Crippen molar-refractivity contribution >= 4 is 22.0 Å². The van der Waals surface area contributed by atoms with Gasteiger partial charge in [0.2, 0.25) is 5.91 Å². The first kappa shape index (κ1) is 28.0. The maximum atomic E-state index is 13.0. The highest BCUT2D eigenvalue weighted by atomic mass is 32.2. The monoisotopic (exact) mass is 498 g/mol. The molecular formula is C23H38N4O6S. The van der Waals surface area contributed by atoms with Crippen LogP contribution in [0.4, 0.5) is 4.79 Å². The van der Waals surface area contributed by atoms with Crippen LogP contribution in [0.25, 0.3) is 0 Å². The molecule has 3 atom stereocenters. The maximum absolute atomic E-state index is 13.0. The van der Waals surface area contributed by atoms with Crippen LogP contribution >= 0.6 is 0 Å². The largest absolute Gasteiger partial charge is 0.444 e. The average Bonchev–Trinajstić information content (AvgIpc) is 2.87. The predicted octanol–water partition coefficient (Wildman–Crippen LogP) is 1.96. The zero-order valence-corrected chi connectivity index (χ0v) is 21.7. The van der Waals surface area contributed by atoms with E-state index in [0.717, 1.165) is 0 Å². The Hall–Kier alpha value is -2.24. The molecule has 0 aromatic carbocycles. The van der Waals surface area contributed by atoms with Gasteiger partial charge in [-0.05, 0) is 65.0 Å². The van der Waals surface area contributed by atoms with Crippen molar-refractivity contribution in [1.82, 2.24) is 19.9 Å². The van der Waals surface area contributed by atoms with Gasteiger partial charge in [-0.3, -0.25) is 4.79 Å². The summed E-state index contributed by atoms with van der Waals surface area (Å²) in [4.78, 5) is 29.4. The van der Waals surface area contributed by atoms with Gasteiger partial charge in [-0.25, -0.2) is 18.2 Å². The number of aliphatic hydroxyl groups excluding tert-OH is 1. The minimum absolute atomic E-state index is 0.0688. The number of amides is 2. The van der Waals surface area contributed by atoms with Gasteiger partial charge >= 0.3 is 6.09 Å². The number of ether oxygens (including phenoxy) is 1. The highest BCUT2D eigenvalue weighted by molar-refractivity contribution is 7.89. The van der Waals surface area contributed by atoms with Crippen LogP contribution in [0, 0.1) is 12.8 Å². The molecule has 192 valence electrons. The number of carbonyl (C=O) groups is 2. The SMILES string of the molecule is Cc1cccc(S(=O)(=O)N2CCCC(NC(=O)C(CC(C)C)NC(=O)OC(C)(C)C)C(O)C2)n1. The molecule has 0 bridgehead atoms. The molecule has 1 fully saturated rings. The van der Waals surface area contributed by atoms with Gasteiger partial charge in [-0.1, -0.05) is 19.9 Å². The van der Waals surface area contributed by atoms with Crippen LogP contribution in [0.3, 0.4) is 0 Å². The number of rotatable bonds is 7. The second kappa shape index (κ2) is 11.5. The molecule has 1 aromatic rings. The Labute approximate surface area is 202 Å². The Bertz CT molecular complexity index is 960. The third-order valence-electron chi connectivity index (χ3n) is 5.29. The standard InChI is InChI=1S/C23H38N4O6S/c1-15(2)13-18(26-22(30)33-23(4,5)6)21(29)25-17-10-8-12-27(14-19(17)28)34(31,32)20-11-7-9-16(3)24-20/h7,9,11,15,17-19,28H,8,10,12-14H2,1-6H3,(H,25,29)(H,26,30). The number of β-amino-alcohol motifs (C(OH)–C–C–N with tert-alkyl or cyclic N) is 1. The van der Waals surface area contributed by atoms with Crippen molar-refractivity contribution < 1.29 is 27.9 Å². The van der Waals surface area contributed by atoms with Crippen molar-refractivity contribution in [3.8, 4) is 0 Å². The van der Waals surface area contributed by atoms with Crippen molar-refractivity contribution in [2.24, 2.45) is 5.92 Å². The molecule has 34 heavy (non-hydrogen) atoms. The van der Waals surface area contributed by atoms with E-state index in [9.17, 15) is 23.1 Å². The van der Waals surface area contributed by atoms with Gasteiger partial charge < -0.3 is 20.5 Å². The van der Waals surface area contributed by atoms with Crippen molar-refractivity contribution in [2.45, 2.75) is 89.6 Å². The molecule has 1 saturated heterocycles. The molecule has 0 saturated carbocycles. The van der Waals surface area contributed by atoms with Gasteiger partial charge in [0.1, 0.15) is 11.6 Å². The lowest BCUT2D eigenvalue weighted by molar-refractivity contribution is -0.125. The Morgan fingerprint density at radius 2 is 1.97 bits per heavy atom. The molecule has 3 unspecified atom stereocenters. The number of aryl methyl sites for hydroxylation is 1. The fraction of sp³-hybridized carbons (Fsp3) is 0.696. The molecule has 0 aliphatic carbocycles. The van der Waals surface area contributed by atoms with Gasteiger partial charge in [-0.2, -0.15) is 4.31 Å². The first-order valence-electron chi connectivity index (χ1n) is 11.6. The van der Waals surface area contributed by atoms with Crippen molar-refractivity contribution in [2.75, 3.05) is 13.1 Å². The number of aromatic nitrogens is 1. The van der Waals surface area contributed by atoms with E-state index in [4.69, 9.17) is 4.74 Å². The first-order valence-corrected chi connectivity index (χ1v) is 13.0. The van der Waals surface area contributed by atoms with Gasteiger partial charge in [0.25, 0.3) is 10.0 Å². The molecule has 1 aliphatic heterocycles. The Morgan fingerprint density at radius 3 is 2.56 bits per heavy atom. The summed E-state index contributed by atoms with van der Waals surface area (Å²) in [6, 6.07) is 3.26. The number of sulfonamides is 1. The van der Waals surface area contributed by atoms with E-state index in [1.165, 1.54) is 10.4 Å². The summed E-state index contributed by atoms with van der Waals surface area (Å²) in [6.07, 6.45) is -0.597. The fourth-order valence-corrected chi connectivity index (χ4v) is 5.22. The van der Waals surface area contributed by atoms with Crippen molar-refractivity contribution in [3.05, 3.63) is 23.9 Å². The first-order chi connectivity index (χ1) is 15.7. The van der Waals surface area contributed by atoms with E-state index in [2.05, 4.69) is 15.6 Å². The molecule has 1 aromatic heterocycles. The van der Waals surface area contributed by atoms with E-state index < -0.39 is 45.8 Å². The third-order valence-corrected chi connectivity index (χ3v) is 7.05. The van der Waals surface area contributed by atoms with Crippen molar-refractivity contribution in [1.29, 1.82) is 0 Å². The molecule has 11 heteroatoms. The third kappa shape index (κ3) is 8.21. The molecule has 1 aliphatic rings. The van der Waals surface area contributed by atoms with E-state index in [1.807, 2.05) is 13.8 Å². The second-order valence-corrected chi connectivity index (χ2v) is 12.0. The highest BCUT2D eigenvalue weighted by Crippen LogP contribution is 2.20. The van der Waals surface area contributed by atoms with E-state index in [1.54, 1.807) is 39.8 Å². The lowest BCUT2D eigenvalue weighted by Crippen LogP contribution is -2.54. The van der Waals surface area contributed by atoms with Crippen LogP contribution in [0.5, 0.6) is 0 Å². The maximum Gasteiger partial charge on any atom is 0.408 e. The fourth-order valence-electron chi connectivity index (χ4n) is 3.72. The van der Waals surface area contributed by atoms with E-state index in [-0.39, 0.29) is 24.0 Å². The van der Waals surface area contributed by atoms with Gasteiger partial charge in [0, 0.05) is 18.8 Å². The molecule has 2 amide bonds. The number of nitrogens with one attached hydrogen (secondary N) is 2. The number of hydrogen-bond donors (Lipinski definition) is 3. The smallest absolute Gasteiger partial charge is 0.408 e. The number of carbonyl (C=O) groups excluding carboxylic acids is 2. The van der Waals surface area contributed by atoms with Gasteiger partial charge in [-0.15, -0.1) is 0 Å². The quantitative estimate of drug-likeness (QED) is 0.522. The Kier molecular flexibility index (Phi) is 9.44. The van der Waals surface area contributed by atoms with E-state index >= 15 is 0 Å². The van der Waals surface area contributed by atoms with Crippen molar-refractivity contribution in [3.63, 3.8) is 0 Å². The summed E-state index contributed by atoms with van der Waals surface area (Å²) in [5, 5.41) is 16.1. The van der Waals surface area contributed by atoms with Crippen LogP contribution in [-0.2, 0) is 19.6 Å². The summed E-state index contributed by atoms with van der Waals surface area (Å²) in [5.41, 5.74) is -0.128. The minimum Gasteiger partial charge on any atom is -0.444 e. The Morgan fingerprint density at radius 1 is 1.29 bits per heavy atom. The van der Waals surface area contributed by atoms with Crippen LogP contribution in [0.2, 0.25) is 0 Å². The molecule has 2 heterocycles. The zero-order chi connectivity index (χ0) is 25.7. The zero-order valence-electron chi connectivity index (χ0n) is 20.9. The lowest BCUT2D eigenvalue weighted by atomic mass is 10.0. The highest BCUT2D eigenvalue weighted by Gasteiger charge is 2.35. The molecule has 10 nitrogen and oxygen atoms in total. The number of hydrogen-bond acceptors (Lipinski definition) is 7. The summed E-state index contributed by atoms with van der Waals surface area (Å²) in [7, 11) is -3.88. The van der Waals surface area contributed by atoms with E-state index in [0.29, 0.717) is 25.0 Å². The molecular weight excluding hydrogens is 460 g/mol. The predicted molar refractivity (Wildman–Crippen MR) is 128 cm³/mol. The lowest BCUT2D eigenvalue weighted by Gasteiger charge is -2.28. The Balaban J connectivity index is 2.09. The number of pyridine rings is 1. The molecule has 2 rings (SSSR count). The van der Waals surface area contributed by atoms with Gasteiger partial charge in [0.05, 0.1) is 12.1 Å². The van der Waals surface area contributed by atoms with Crippen LogP contribution in [0.15, 0.2) is 23.2 Å². The number of nitrogens with zero attached hydrogens (tertiary/aromatic N) is 2. The van der Waals surface area contributed by atoms with Crippen LogP contribution in [-0.4, -0.2) is 71.7 Å². The summed E-state index contributed by atoms with van der Waals surface area (Å²) in [6.45, 7) is 10.8. The number of alkyl carbamates (subject to hydrolysis) is 1. The minimum atomic E-state index is -3.88. The summed E-state index contributed by atoms with van der Waals surface area (Å²) < 4.78 is 32.5. The summed E-state index contributed by atoms with van der Waals surface area (Å²) in [5.74, 6) is -0.326. The topological polar surface area (TPSA) is 138 Å². The molecule has 3 N–H and O–H groups in total. The second-order valence-electron chi connectivity index (χ2n) is 10.1.